The van der Waals surface area contributed by atoms with Crippen LogP contribution in [0.25, 0.3) is 10.9 Å². The number of anilines is 2. The maximum atomic E-state index is 15.3. The number of nitrogens with zero attached hydrogens (tertiary/aromatic N) is 3. The van der Waals surface area contributed by atoms with Gasteiger partial charge in [-0.3, -0.25) is 9.59 Å². The van der Waals surface area contributed by atoms with Gasteiger partial charge in [-0.15, -0.1) is 0 Å². The molecule has 5 rings (SSSR count). The Kier molecular flexibility index (Phi) is 6.49. The number of hydrogen-bond donors (Lipinski definition) is 1. The molecule has 188 valence electrons. The summed E-state index contributed by atoms with van der Waals surface area (Å²) in [6.45, 7) is 6.26. The predicted octanol–water partition coefficient (Wildman–Crippen LogP) is 3.66. The number of amides is 1. The van der Waals surface area contributed by atoms with Crippen molar-refractivity contribution in [3.63, 3.8) is 0 Å². The smallest absolute Gasteiger partial charge is 0.337 e. The lowest BCUT2D eigenvalue weighted by Crippen LogP contribution is -2.46. The van der Waals surface area contributed by atoms with E-state index in [1.165, 1.54) is 25.3 Å². The number of esters is 1. The minimum atomic E-state index is -0.581. The van der Waals surface area contributed by atoms with Crippen molar-refractivity contribution in [2.45, 2.75) is 25.8 Å². The number of halogens is 1. The Balaban J connectivity index is 1.48. The van der Waals surface area contributed by atoms with Crippen LogP contribution < -0.4 is 15.6 Å². The zero-order chi connectivity index (χ0) is 25.4. The van der Waals surface area contributed by atoms with Gasteiger partial charge in [-0.2, -0.15) is 0 Å². The molecule has 1 aliphatic carbocycles. The Morgan fingerprint density at radius 2 is 1.78 bits per heavy atom. The van der Waals surface area contributed by atoms with Crippen LogP contribution >= 0.6 is 0 Å². The van der Waals surface area contributed by atoms with Gasteiger partial charge in [0.15, 0.2) is 0 Å². The molecule has 1 saturated heterocycles. The number of hydrogen-bond acceptors (Lipinski definition) is 6. The van der Waals surface area contributed by atoms with E-state index in [2.05, 4.69) is 21.9 Å². The third kappa shape index (κ3) is 4.58. The van der Waals surface area contributed by atoms with Crippen LogP contribution in [0.5, 0.6) is 0 Å². The average Bonchev–Trinajstić information content (AvgIpc) is 3.74. The van der Waals surface area contributed by atoms with Crippen molar-refractivity contribution in [3.05, 3.63) is 69.8 Å². The highest BCUT2D eigenvalue weighted by atomic mass is 19.1. The second-order valence-corrected chi connectivity index (χ2v) is 9.28. The van der Waals surface area contributed by atoms with E-state index in [0.717, 1.165) is 45.6 Å². The molecule has 1 aromatic heterocycles. The molecule has 0 spiro atoms. The Labute approximate surface area is 208 Å². The van der Waals surface area contributed by atoms with Crippen LogP contribution in [0.4, 0.5) is 15.8 Å². The molecule has 0 unspecified atom stereocenters. The molecule has 9 heteroatoms. The van der Waals surface area contributed by atoms with Crippen LogP contribution in [0.3, 0.4) is 0 Å². The minimum Gasteiger partial charge on any atom is -0.465 e. The van der Waals surface area contributed by atoms with Gasteiger partial charge in [-0.05, 0) is 55.8 Å². The summed E-state index contributed by atoms with van der Waals surface area (Å²) in [5.41, 5.74) is 1.37. The number of rotatable bonds is 6. The van der Waals surface area contributed by atoms with Gasteiger partial charge in [0.25, 0.3) is 5.91 Å². The Hall–Kier alpha value is -3.72. The van der Waals surface area contributed by atoms with Crippen LogP contribution in [0, 0.1) is 5.82 Å². The van der Waals surface area contributed by atoms with Gasteiger partial charge in [0.1, 0.15) is 11.4 Å². The average molecular weight is 493 g/mol. The second-order valence-electron chi connectivity index (χ2n) is 9.28. The summed E-state index contributed by atoms with van der Waals surface area (Å²) in [6.07, 6.45) is 3.48. The molecule has 1 N–H and O–H groups in total. The monoisotopic (exact) mass is 492 g/mol. The van der Waals surface area contributed by atoms with E-state index in [1.54, 1.807) is 24.4 Å². The largest absolute Gasteiger partial charge is 0.465 e. The molecule has 0 atom stereocenters. The van der Waals surface area contributed by atoms with Gasteiger partial charge in [-0.1, -0.05) is 6.92 Å². The molecule has 1 saturated carbocycles. The summed E-state index contributed by atoms with van der Waals surface area (Å²) in [4.78, 5) is 42.4. The Morgan fingerprint density at radius 3 is 2.39 bits per heavy atom. The lowest BCUT2D eigenvalue weighted by Gasteiger charge is -2.35. The number of nitrogens with one attached hydrogen (secondary N) is 1. The number of pyridine rings is 1. The molecule has 2 fully saturated rings. The fraction of sp³-hybridized carbons (Fsp3) is 0.370. The van der Waals surface area contributed by atoms with Gasteiger partial charge < -0.3 is 24.4 Å². The number of methoxy groups -OCH3 is 1. The minimum absolute atomic E-state index is 0.0462. The van der Waals surface area contributed by atoms with Crippen molar-refractivity contribution < 1.29 is 18.7 Å². The maximum absolute atomic E-state index is 15.3. The molecule has 3 aromatic rings. The number of ether oxygens (including phenoxy) is 1. The third-order valence-corrected chi connectivity index (χ3v) is 7.01. The molecule has 2 aromatic carbocycles. The summed E-state index contributed by atoms with van der Waals surface area (Å²) in [6, 6.07) is 9.40. The summed E-state index contributed by atoms with van der Waals surface area (Å²) in [5.74, 6) is -1.52. The molecule has 0 radical (unpaired) electrons. The predicted molar refractivity (Wildman–Crippen MR) is 136 cm³/mol. The molecule has 2 aliphatic rings. The van der Waals surface area contributed by atoms with Crippen LogP contribution in [-0.4, -0.2) is 61.2 Å². The Bertz CT molecular complexity index is 1370. The van der Waals surface area contributed by atoms with E-state index >= 15 is 4.39 Å². The van der Waals surface area contributed by atoms with Crippen molar-refractivity contribution in [3.8, 4) is 0 Å². The molecule has 1 amide bonds. The summed E-state index contributed by atoms with van der Waals surface area (Å²) < 4.78 is 21.9. The van der Waals surface area contributed by atoms with Crippen LogP contribution in [0.2, 0.25) is 0 Å². The highest BCUT2D eigenvalue weighted by Gasteiger charge is 2.28. The number of carbonyl (C=O) groups is 2. The normalized spacial score (nSPS) is 16.2. The molecular formula is C27H29FN4O4. The molecule has 2 heterocycles. The third-order valence-electron chi connectivity index (χ3n) is 7.01. The van der Waals surface area contributed by atoms with Gasteiger partial charge in [0.2, 0.25) is 5.43 Å². The first-order chi connectivity index (χ1) is 17.4. The van der Waals surface area contributed by atoms with Gasteiger partial charge in [-0.25, -0.2) is 9.18 Å². The van der Waals surface area contributed by atoms with Crippen molar-refractivity contribution in [1.29, 1.82) is 0 Å². The standard InChI is InChI=1S/C27H29FN4O4/c1-3-30-10-12-31(13-11-30)24-15-23-20(14-22(24)28)25(33)21(16-32(23)19-8-9-19)26(34)29-18-6-4-17(5-7-18)27(35)36-2/h4-7,14-16,19H,3,8-13H2,1-2H3,(H,29,34). The Morgan fingerprint density at radius 1 is 1.08 bits per heavy atom. The number of aromatic nitrogens is 1. The number of fused-ring (bicyclic) bond motifs is 1. The van der Waals surface area contributed by atoms with Gasteiger partial charge in [0.05, 0.1) is 23.9 Å². The van der Waals surface area contributed by atoms with E-state index in [0.29, 0.717) is 22.5 Å². The molecule has 1 aliphatic heterocycles. The number of likely N-dealkylation sites (N-methyl/N-ethyl adjacent to an activating group) is 1. The van der Waals surface area contributed by atoms with Gasteiger partial charge >= 0.3 is 5.97 Å². The van der Waals surface area contributed by atoms with E-state index in [-0.39, 0.29) is 17.0 Å². The quantitative estimate of drug-likeness (QED) is 0.529. The van der Waals surface area contributed by atoms with Gasteiger partial charge in [0, 0.05) is 49.5 Å². The zero-order valence-electron chi connectivity index (χ0n) is 20.4. The van der Waals surface area contributed by atoms with Crippen LogP contribution in [-0.2, 0) is 4.74 Å². The van der Waals surface area contributed by atoms with E-state index in [1.807, 2.05) is 9.47 Å². The first-order valence-electron chi connectivity index (χ1n) is 12.2. The fourth-order valence-corrected chi connectivity index (χ4v) is 4.73. The fourth-order valence-electron chi connectivity index (χ4n) is 4.73. The lowest BCUT2D eigenvalue weighted by molar-refractivity contribution is 0.0600. The molecule has 36 heavy (non-hydrogen) atoms. The molecule has 0 bridgehead atoms. The van der Waals surface area contributed by atoms with Crippen LogP contribution in [0.1, 0.15) is 46.5 Å². The maximum Gasteiger partial charge on any atom is 0.337 e. The van der Waals surface area contributed by atoms with Crippen LogP contribution in [0.15, 0.2) is 47.4 Å². The highest BCUT2D eigenvalue weighted by molar-refractivity contribution is 6.06. The second kappa shape index (κ2) is 9.73. The zero-order valence-corrected chi connectivity index (χ0v) is 20.4. The van der Waals surface area contributed by atoms with E-state index < -0.39 is 23.1 Å². The summed E-state index contributed by atoms with van der Waals surface area (Å²) >= 11 is 0. The lowest BCUT2D eigenvalue weighted by atomic mass is 10.1. The van der Waals surface area contributed by atoms with Crippen molar-refractivity contribution in [2.24, 2.45) is 0 Å². The van der Waals surface area contributed by atoms with Crippen molar-refractivity contribution in [2.75, 3.05) is 50.1 Å². The number of carbonyl (C=O) groups excluding carboxylic acids is 2. The topological polar surface area (TPSA) is 83.9 Å². The SMILES string of the molecule is CCN1CCN(c2cc3c(cc2F)c(=O)c(C(=O)Nc2ccc(C(=O)OC)cc2)cn3C2CC2)CC1. The first-order valence-corrected chi connectivity index (χ1v) is 12.2. The highest BCUT2D eigenvalue weighted by Crippen LogP contribution is 2.38. The summed E-state index contributed by atoms with van der Waals surface area (Å²) in [5, 5.41) is 2.91. The molecule has 8 nitrogen and oxygen atoms in total. The van der Waals surface area contributed by atoms with E-state index in [9.17, 15) is 14.4 Å². The van der Waals surface area contributed by atoms with Crippen molar-refractivity contribution >= 4 is 34.2 Å². The van der Waals surface area contributed by atoms with Crippen molar-refractivity contribution in [1.82, 2.24) is 9.47 Å². The first kappa shape index (κ1) is 24.0. The summed E-state index contributed by atoms with van der Waals surface area (Å²) in [7, 11) is 1.29. The number of piperazine rings is 1. The number of benzene rings is 2. The van der Waals surface area contributed by atoms with E-state index in [4.69, 9.17) is 0 Å². The molecular weight excluding hydrogens is 463 g/mol.